The van der Waals surface area contributed by atoms with Gasteiger partial charge in [-0.15, -0.1) is 22.7 Å². The molecule has 0 radical (unpaired) electrons. The van der Waals surface area contributed by atoms with Crippen molar-refractivity contribution >= 4 is 46.2 Å². The zero-order valence-corrected chi connectivity index (χ0v) is 15.2. The van der Waals surface area contributed by atoms with E-state index < -0.39 is 5.97 Å². The fraction of sp³-hybridized carbons (Fsp3) is 0.400. The molecule has 0 bridgehead atoms. The lowest BCUT2D eigenvalue weighted by Gasteiger charge is -2.25. The van der Waals surface area contributed by atoms with Gasteiger partial charge in [0, 0.05) is 18.0 Å². The van der Waals surface area contributed by atoms with Gasteiger partial charge in [-0.3, -0.25) is 9.59 Å². The van der Waals surface area contributed by atoms with Crippen molar-refractivity contribution in [1.82, 2.24) is 9.88 Å². The van der Waals surface area contributed by atoms with Crippen molar-refractivity contribution in [2.75, 3.05) is 6.54 Å². The standard InChI is InChI=1S/C15H17ClN2O3S2/c1-9(2)18(6-5-14(20)21)13(19)7-10-8-22-15(17-10)11-3-4-12(16)23-11/h3-4,8-9H,5-7H2,1-2H3,(H,20,21). The van der Waals surface area contributed by atoms with Gasteiger partial charge in [-0.1, -0.05) is 11.6 Å². The third kappa shape index (κ3) is 5.02. The van der Waals surface area contributed by atoms with Crippen molar-refractivity contribution < 1.29 is 14.7 Å². The van der Waals surface area contributed by atoms with Crippen LogP contribution in [0.3, 0.4) is 0 Å². The second-order valence-electron chi connectivity index (χ2n) is 5.25. The Kier molecular flexibility index (Phi) is 6.15. The van der Waals surface area contributed by atoms with E-state index in [9.17, 15) is 9.59 Å². The lowest BCUT2D eigenvalue weighted by molar-refractivity contribution is -0.139. The number of aromatic nitrogens is 1. The highest BCUT2D eigenvalue weighted by Crippen LogP contribution is 2.33. The van der Waals surface area contributed by atoms with E-state index in [4.69, 9.17) is 16.7 Å². The third-order valence-electron chi connectivity index (χ3n) is 3.18. The Balaban J connectivity index is 2.04. The number of carboxylic acid groups (broad SMARTS) is 1. The summed E-state index contributed by atoms with van der Waals surface area (Å²) in [4.78, 5) is 30.1. The smallest absolute Gasteiger partial charge is 0.305 e. The van der Waals surface area contributed by atoms with Gasteiger partial charge in [0.1, 0.15) is 5.01 Å². The summed E-state index contributed by atoms with van der Waals surface area (Å²) in [6, 6.07) is 3.68. The van der Waals surface area contributed by atoms with Gasteiger partial charge >= 0.3 is 5.97 Å². The van der Waals surface area contributed by atoms with E-state index in [0.717, 1.165) is 9.88 Å². The van der Waals surface area contributed by atoms with Crippen LogP contribution in [0, 0.1) is 0 Å². The molecule has 124 valence electrons. The molecule has 0 saturated heterocycles. The van der Waals surface area contributed by atoms with Gasteiger partial charge < -0.3 is 10.0 Å². The summed E-state index contributed by atoms with van der Waals surface area (Å²) in [7, 11) is 0. The minimum Gasteiger partial charge on any atom is -0.481 e. The zero-order chi connectivity index (χ0) is 17.0. The minimum absolute atomic E-state index is 0.0453. The number of thiazole rings is 1. The van der Waals surface area contributed by atoms with Gasteiger partial charge in [0.2, 0.25) is 5.91 Å². The molecule has 23 heavy (non-hydrogen) atoms. The van der Waals surface area contributed by atoms with Crippen LogP contribution in [0.25, 0.3) is 9.88 Å². The van der Waals surface area contributed by atoms with Crippen molar-refractivity contribution in [3.05, 3.63) is 27.5 Å². The number of hydrogen-bond acceptors (Lipinski definition) is 5. The van der Waals surface area contributed by atoms with Crippen LogP contribution in [0.4, 0.5) is 0 Å². The first-order valence-corrected chi connectivity index (χ1v) is 9.15. The molecule has 0 aliphatic carbocycles. The molecule has 0 aliphatic heterocycles. The molecule has 8 heteroatoms. The highest BCUT2D eigenvalue weighted by molar-refractivity contribution is 7.23. The third-order valence-corrected chi connectivity index (χ3v) is 5.47. The average Bonchev–Trinajstić information content (AvgIpc) is 3.07. The maximum Gasteiger partial charge on any atom is 0.305 e. The highest BCUT2D eigenvalue weighted by Gasteiger charge is 2.19. The van der Waals surface area contributed by atoms with Gasteiger partial charge in [-0.25, -0.2) is 4.98 Å². The number of carbonyl (C=O) groups is 2. The van der Waals surface area contributed by atoms with Crippen LogP contribution in [-0.4, -0.2) is 39.5 Å². The molecule has 0 fully saturated rings. The van der Waals surface area contributed by atoms with Crippen LogP contribution in [-0.2, 0) is 16.0 Å². The monoisotopic (exact) mass is 372 g/mol. The largest absolute Gasteiger partial charge is 0.481 e. The summed E-state index contributed by atoms with van der Waals surface area (Å²) in [6.07, 6.45) is 0.118. The normalized spacial score (nSPS) is 11.0. The van der Waals surface area contributed by atoms with Crippen molar-refractivity contribution in [3.8, 4) is 9.88 Å². The second-order valence-corrected chi connectivity index (χ2v) is 7.82. The van der Waals surface area contributed by atoms with E-state index >= 15 is 0 Å². The topological polar surface area (TPSA) is 70.5 Å². The van der Waals surface area contributed by atoms with Gasteiger partial charge in [0.15, 0.2) is 0 Å². The predicted molar refractivity (Wildman–Crippen MR) is 93.2 cm³/mol. The van der Waals surface area contributed by atoms with Gasteiger partial charge in [-0.05, 0) is 26.0 Å². The Morgan fingerprint density at radius 3 is 2.70 bits per heavy atom. The van der Waals surface area contributed by atoms with Gasteiger partial charge in [0.25, 0.3) is 0 Å². The number of aliphatic carboxylic acids is 1. The Hall–Kier alpha value is -1.44. The summed E-state index contributed by atoms with van der Waals surface area (Å²) in [5.74, 6) is -1.02. The van der Waals surface area contributed by atoms with Crippen LogP contribution in [0.1, 0.15) is 26.0 Å². The van der Waals surface area contributed by atoms with Crippen LogP contribution >= 0.6 is 34.3 Å². The first-order chi connectivity index (χ1) is 10.9. The van der Waals surface area contributed by atoms with Crippen molar-refractivity contribution in [1.29, 1.82) is 0 Å². The molecule has 2 heterocycles. The number of hydrogen-bond donors (Lipinski definition) is 1. The fourth-order valence-corrected chi connectivity index (χ4v) is 4.01. The maximum atomic E-state index is 12.4. The molecule has 5 nitrogen and oxygen atoms in total. The van der Waals surface area contributed by atoms with E-state index in [1.165, 1.54) is 22.7 Å². The molecule has 2 aromatic rings. The summed E-state index contributed by atoms with van der Waals surface area (Å²) in [5.41, 5.74) is 0.695. The Morgan fingerprint density at radius 1 is 1.39 bits per heavy atom. The van der Waals surface area contributed by atoms with Gasteiger partial charge in [-0.2, -0.15) is 0 Å². The van der Waals surface area contributed by atoms with Crippen molar-refractivity contribution in [3.63, 3.8) is 0 Å². The second kappa shape index (κ2) is 7.90. The lowest BCUT2D eigenvalue weighted by Crippen LogP contribution is -2.39. The first-order valence-electron chi connectivity index (χ1n) is 7.08. The van der Waals surface area contributed by atoms with Gasteiger partial charge in [0.05, 0.1) is 27.7 Å². The number of halogens is 1. The van der Waals surface area contributed by atoms with Crippen molar-refractivity contribution in [2.45, 2.75) is 32.7 Å². The lowest BCUT2D eigenvalue weighted by atomic mass is 10.2. The summed E-state index contributed by atoms with van der Waals surface area (Å²) < 4.78 is 0.701. The molecule has 0 unspecified atom stereocenters. The van der Waals surface area contributed by atoms with Crippen LogP contribution < -0.4 is 0 Å². The maximum absolute atomic E-state index is 12.4. The Morgan fingerprint density at radius 2 is 2.13 bits per heavy atom. The summed E-state index contributed by atoms with van der Waals surface area (Å²) in [6.45, 7) is 3.96. The summed E-state index contributed by atoms with van der Waals surface area (Å²) >= 11 is 8.85. The molecule has 0 saturated carbocycles. The molecule has 0 spiro atoms. The molecule has 0 aliphatic rings. The number of nitrogens with zero attached hydrogens (tertiary/aromatic N) is 2. The van der Waals surface area contributed by atoms with E-state index in [2.05, 4.69) is 4.98 Å². The van der Waals surface area contributed by atoms with E-state index in [1.807, 2.05) is 31.4 Å². The molecular formula is C15H17ClN2O3S2. The van der Waals surface area contributed by atoms with Crippen LogP contribution in [0.15, 0.2) is 17.5 Å². The van der Waals surface area contributed by atoms with E-state index in [0.29, 0.717) is 10.0 Å². The van der Waals surface area contributed by atoms with Crippen molar-refractivity contribution in [2.24, 2.45) is 0 Å². The molecule has 0 aromatic carbocycles. The minimum atomic E-state index is -0.908. The molecule has 1 amide bonds. The molecule has 2 aromatic heterocycles. The number of thiophene rings is 1. The highest BCUT2D eigenvalue weighted by atomic mass is 35.5. The molecule has 0 atom stereocenters. The van der Waals surface area contributed by atoms with Crippen LogP contribution in [0.5, 0.6) is 0 Å². The fourth-order valence-electron chi connectivity index (χ4n) is 2.07. The number of rotatable bonds is 7. The van der Waals surface area contributed by atoms with E-state index in [1.54, 1.807) is 4.90 Å². The first kappa shape index (κ1) is 17.9. The zero-order valence-electron chi connectivity index (χ0n) is 12.8. The Labute approximate surface area is 147 Å². The molecular weight excluding hydrogens is 356 g/mol. The number of amides is 1. The van der Waals surface area contributed by atoms with Crippen LogP contribution in [0.2, 0.25) is 4.34 Å². The Bertz CT molecular complexity index is 696. The SMILES string of the molecule is CC(C)N(CCC(=O)O)C(=O)Cc1csc(-c2ccc(Cl)s2)n1. The quantitative estimate of drug-likeness (QED) is 0.802. The summed E-state index contributed by atoms with van der Waals surface area (Å²) in [5, 5.41) is 11.5. The molecule has 2 rings (SSSR count). The number of carbonyl (C=O) groups excluding carboxylic acids is 1. The average molecular weight is 373 g/mol. The number of carboxylic acids is 1. The predicted octanol–water partition coefficient (Wildman–Crippen LogP) is 3.78. The van der Waals surface area contributed by atoms with E-state index in [-0.39, 0.29) is 31.3 Å². The molecule has 1 N–H and O–H groups in total.